The minimum atomic E-state index is -0.955. The average molecular weight is 247 g/mol. The molecule has 0 aliphatic rings. The molecule has 1 aromatic heterocycles. The SMILES string of the molecule is O=C(O)c1ccc(-n2cc(CCCO)nn2)cc1. The summed E-state index contributed by atoms with van der Waals surface area (Å²) in [5, 5.41) is 25.4. The van der Waals surface area contributed by atoms with Crippen LogP contribution in [-0.4, -0.2) is 37.8 Å². The van der Waals surface area contributed by atoms with Gasteiger partial charge in [-0.2, -0.15) is 0 Å². The zero-order valence-corrected chi connectivity index (χ0v) is 9.65. The lowest BCUT2D eigenvalue weighted by atomic mass is 10.2. The van der Waals surface area contributed by atoms with Crippen LogP contribution in [0.15, 0.2) is 30.5 Å². The third kappa shape index (κ3) is 2.72. The van der Waals surface area contributed by atoms with E-state index in [0.717, 1.165) is 11.4 Å². The van der Waals surface area contributed by atoms with Gasteiger partial charge in [0.05, 0.1) is 23.1 Å². The van der Waals surface area contributed by atoms with E-state index in [-0.39, 0.29) is 12.2 Å². The molecule has 0 saturated heterocycles. The number of hydrogen-bond donors (Lipinski definition) is 2. The molecule has 0 spiro atoms. The maximum absolute atomic E-state index is 10.7. The van der Waals surface area contributed by atoms with Crippen molar-refractivity contribution in [3.8, 4) is 5.69 Å². The van der Waals surface area contributed by atoms with Gasteiger partial charge in [0.2, 0.25) is 0 Å². The summed E-state index contributed by atoms with van der Waals surface area (Å²) in [5.41, 5.74) is 1.79. The summed E-state index contributed by atoms with van der Waals surface area (Å²) in [6.45, 7) is 0.125. The number of aromatic nitrogens is 3. The molecule has 0 saturated carbocycles. The maximum Gasteiger partial charge on any atom is 0.335 e. The number of aliphatic hydroxyl groups is 1. The van der Waals surface area contributed by atoms with E-state index in [4.69, 9.17) is 10.2 Å². The number of carboxylic acid groups (broad SMARTS) is 1. The van der Waals surface area contributed by atoms with Gasteiger partial charge in [0.1, 0.15) is 0 Å². The van der Waals surface area contributed by atoms with Crippen LogP contribution in [0.5, 0.6) is 0 Å². The van der Waals surface area contributed by atoms with Gasteiger partial charge in [0.25, 0.3) is 0 Å². The number of aliphatic hydroxyl groups excluding tert-OH is 1. The Morgan fingerprint density at radius 2 is 2.00 bits per heavy atom. The summed E-state index contributed by atoms with van der Waals surface area (Å²) in [6, 6.07) is 6.39. The second-order valence-corrected chi connectivity index (χ2v) is 3.83. The summed E-state index contributed by atoms with van der Waals surface area (Å²) in [4.78, 5) is 10.7. The van der Waals surface area contributed by atoms with E-state index in [9.17, 15) is 4.79 Å². The predicted octanol–water partition coefficient (Wildman–Crippen LogP) is 0.890. The van der Waals surface area contributed by atoms with E-state index in [0.29, 0.717) is 12.8 Å². The standard InChI is InChI=1S/C12H13N3O3/c16-7-1-2-10-8-15(14-13-10)11-5-3-9(4-6-11)12(17)18/h3-6,8,16H,1-2,7H2,(H,17,18). The van der Waals surface area contributed by atoms with Gasteiger partial charge < -0.3 is 10.2 Å². The molecule has 94 valence electrons. The zero-order chi connectivity index (χ0) is 13.0. The molecular weight excluding hydrogens is 234 g/mol. The highest BCUT2D eigenvalue weighted by Gasteiger charge is 2.05. The van der Waals surface area contributed by atoms with Crippen LogP contribution in [0.3, 0.4) is 0 Å². The summed E-state index contributed by atoms with van der Waals surface area (Å²) >= 11 is 0. The number of aromatic carboxylic acids is 1. The molecule has 1 aromatic carbocycles. The Bertz CT molecular complexity index is 534. The van der Waals surface area contributed by atoms with Crippen molar-refractivity contribution in [1.82, 2.24) is 15.0 Å². The van der Waals surface area contributed by atoms with Crippen molar-refractivity contribution < 1.29 is 15.0 Å². The molecule has 0 amide bonds. The highest BCUT2D eigenvalue weighted by Crippen LogP contribution is 2.09. The lowest BCUT2D eigenvalue weighted by Gasteiger charge is -2.00. The molecule has 0 fully saturated rings. The third-order valence-corrected chi connectivity index (χ3v) is 2.51. The molecule has 0 atom stereocenters. The molecule has 18 heavy (non-hydrogen) atoms. The van der Waals surface area contributed by atoms with Gasteiger partial charge in [-0.1, -0.05) is 5.21 Å². The molecular formula is C12H13N3O3. The number of benzene rings is 1. The fraction of sp³-hybridized carbons (Fsp3) is 0.250. The van der Waals surface area contributed by atoms with Crippen LogP contribution >= 0.6 is 0 Å². The van der Waals surface area contributed by atoms with Gasteiger partial charge in [0, 0.05) is 6.61 Å². The summed E-state index contributed by atoms with van der Waals surface area (Å²) in [5.74, 6) is -0.955. The second kappa shape index (κ2) is 5.42. The largest absolute Gasteiger partial charge is 0.478 e. The van der Waals surface area contributed by atoms with E-state index < -0.39 is 5.97 Å². The maximum atomic E-state index is 10.7. The zero-order valence-electron chi connectivity index (χ0n) is 9.65. The highest BCUT2D eigenvalue weighted by atomic mass is 16.4. The van der Waals surface area contributed by atoms with E-state index >= 15 is 0 Å². The first-order chi connectivity index (χ1) is 8.70. The van der Waals surface area contributed by atoms with Gasteiger partial charge in [-0.25, -0.2) is 9.48 Å². The predicted molar refractivity (Wildman–Crippen MR) is 63.7 cm³/mol. The van der Waals surface area contributed by atoms with Crippen molar-refractivity contribution in [2.45, 2.75) is 12.8 Å². The van der Waals surface area contributed by atoms with Gasteiger partial charge in [-0.3, -0.25) is 0 Å². The van der Waals surface area contributed by atoms with Crippen LogP contribution < -0.4 is 0 Å². The van der Waals surface area contributed by atoms with Gasteiger partial charge in [-0.15, -0.1) is 5.10 Å². The van der Waals surface area contributed by atoms with Crippen LogP contribution in [0.1, 0.15) is 22.5 Å². The monoisotopic (exact) mass is 247 g/mol. The van der Waals surface area contributed by atoms with Crippen LogP contribution in [0, 0.1) is 0 Å². The third-order valence-electron chi connectivity index (χ3n) is 2.51. The number of aryl methyl sites for hydroxylation is 1. The summed E-state index contributed by atoms with van der Waals surface area (Å²) < 4.78 is 1.58. The number of carbonyl (C=O) groups is 1. The molecule has 0 aliphatic carbocycles. The Morgan fingerprint density at radius 3 is 2.61 bits per heavy atom. The Morgan fingerprint density at radius 1 is 1.28 bits per heavy atom. The van der Waals surface area contributed by atoms with Gasteiger partial charge in [-0.05, 0) is 37.1 Å². The molecule has 1 heterocycles. The molecule has 2 aromatic rings. The van der Waals surface area contributed by atoms with E-state index in [1.54, 1.807) is 23.0 Å². The quantitative estimate of drug-likeness (QED) is 0.819. The molecule has 0 radical (unpaired) electrons. The van der Waals surface area contributed by atoms with E-state index in [2.05, 4.69) is 10.3 Å². The Labute approximate surface area is 103 Å². The van der Waals surface area contributed by atoms with Gasteiger partial charge in [0.15, 0.2) is 0 Å². The fourth-order valence-electron chi connectivity index (χ4n) is 1.56. The van der Waals surface area contributed by atoms with Crippen molar-refractivity contribution in [2.75, 3.05) is 6.61 Å². The number of nitrogens with zero attached hydrogens (tertiary/aromatic N) is 3. The van der Waals surface area contributed by atoms with Crippen molar-refractivity contribution in [3.05, 3.63) is 41.7 Å². The number of carboxylic acids is 1. The Kier molecular flexibility index (Phi) is 3.69. The normalized spacial score (nSPS) is 10.5. The Balaban J connectivity index is 2.15. The lowest BCUT2D eigenvalue weighted by Crippen LogP contribution is -1.98. The molecule has 0 aliphatic heterocycles. The van der Waals surface area contributed by atoms with Gasteiger partial charge >= 0.3 is 5.97 Å². The van der Waals surface area contributed by atoms with Crippen LogP contribution in [-0.2, 0) is 6.42 Å². The summed E-state index contributed by atoms with van der Waals surface area (Å²) in [6.07, 6.45) is 3.09. The first-order valence-corrected chi connectivity index (χ1v) is 5.56. The molecule has 0 unspecified atom stereocenters. The average Bonchev–Trinajstić information content (AvgIpc) is 2.85. The minimum Gasteiger partial charge on any atom is -0.478 e. The molecule has 2 rings (SSSR count). The van der Waals surface area contributed by atoms with E-state index in [1.807, 2.05) is 0 Å². The number of hydrogen-bond acceptors (Lipinski definition) is 4. The van der Waals surface area contributed by atoms with Crippen LogP contribution in [0.4, 0.5) is 0 Å². The smallest absolute Gasteiger partial charge is 0.335 e. The second-order valence-electron chi connectivity index (χ2n) is 3.83. The topological polar surface area (TPSA) is 88.2 Å². The first kappa shape index (κ1) is 12.3. The first-order valence-electron chi connectivity index (χ1n) is 5.56. The molecule has 6 nitrogen and oxygen atoms in total. The Hall–Kier alpha value is -2.21. The highest BCUT2D eigenvalue weighted by molar-refractivity contribution is 5.87. The van der Waals surface area contributed by atoms with E-state index in [1.165, 1.54) is 12.1 Å². The molecule has 6 heteroatoms. The van der Waals surface area contributed by atoms with Crippen molar-refractivity contribution >= 4 is 5.97 Å². The number of rotatable bonds is 5. The fourth-order valence-corrected chi connectivity index (χ4v) is 1.56. The van der Waals surface area contributed by atoms with Crippen molar-refractivity contribution in [1.29, 1.82) is 0 Å². The van der Waals surface area contributed by atoms with Crippen LogP contribution in [0.25, 0.3) is 5.69 Å². The summed E-state index contributed by atoms with van der Waals surface area (Å²) in [7, 11) is 0. The van der Waals surface area contributed by atoms with Crippen molar-refractivity contribution in [2.24, 2.45) is 0 Å². The molecule has 2 N–H and O–H groups in total. The van der Waals surface area contributed by atoms with Crippen LogP contribution in [0.2, 0.25) is 0 Å². The molecule has 0 bridgehead atoms. The lowest BCUT2D eigenvalue weighted by molar-refractivity contribution is 0.0697. The van der Waals surface area contributed by atoms with Crippen molar-refractivity contribution in [3.63, 3.8) is 0 Å². The minimum absolute atomic E-state index is 0.125.